The first-order chi connectivity index (χ1) is 18.3. The van der Waals surface area contributed by atoms with Gasteiger partial charge >= 0.3 is 17.5 Å². The first-order valence-electron chi connectivity index (χ1n) is 12.1. The molecule has 0 unspecified atom stereocenters. The summed E-state index contributed by atoms with van der Waals surface area (Å²) >= 11 is 0. The molecule has 0 spiro atoms. The third-order valence-electron chi connectivity index (χ3n) is 6.30. The van der Waals surface area contributed by atoms with Crippen molar-refractivity contribution in [1.29, 1.82) is 0 Å². The number of carbonyl (C=O) groups excluding carboxylic acids is 1. The smallest absolute Gasteiger partial charge is 0.361 e. The minimum atomic E-state index is -0.386. The van der Waals surface area contributed by atoms with Crippen molar-refractivity contribution in [2.75, 3.05) is 0 Å². The molecule has 6 rings (SSSR count). The molecule has 37 heavy (non-hydrogen) atoms. The van der Waals surface area contributed by atoms with E-state index in [1.54, 1.807) is 12.1 Å². The lowest BCUT2D eigenvalue weighted by Crippen LogP contribution is -2.07. The second-order valence-electron chi connectivity index (χ2n) is 8.72. The van der Waals surface area contributed by atoms with Gasteiger partial charge in [0, 0.05) is 11.1 Å². The zero-order valence-corrected chi connectivity index (χ0v) is 20.0. The lowest BCUT2D eigenvalue weighted by atomic mass is 10.00. The maximum absolute atomic E-state index is 12.9. The van der Waals surface area contributed by atoms with E-state index in [1.165, 1.54) is 0 Å². The van der Waals surface area contributed by atoms with Crippen molar-refractivity contribution < 1.29 is 13.9 Å². The second kappa shape index (κ2) is 9.92. The van der Waals surface area contributed by atoms with Gasteiger partial charge in [-0.05, 0) is 53.6 Å². The molecule has 3 nitrogen and oxygen atoms in total. The number of rotatable bonds is 5. The first-order valence-corrected chi connectivity index (χ1v) is 12.1. The number of ether oxygens (including phenoxy) is 1. The molecular weight excluding hydrogens is 456 g/mol. The van der Waals surface area contributed by atoms with Gasteiger partial charge in [0.15, 0.2) is 0 Å². The van der Waals surface area contributed by atoms with E-state index in [1.807, 2.05) is 121 Å². The van der Waals surface area contributed by atoms with Gasteiger partial charge in [-0.2, -0.15) is 0 Å². The Morgan fingerprint density at radius 3 is 1.54 bits per heavy atom. The molecule has 0 fully saturated rings. The molecule has 1 heterocycles. The van der Waals surface area contributed by atoms with Crippen LogP contribution in [0.3, 0.4) is 0 Å². The molecule has 3 heteroatoms. The highest BCUT2D eigenvalue weighted by Crippen LogP contribution is 2.45. The number of fused-ring (bicyclic) bond motifs is 1. The molecule has 0 saturated carbocycles. The van der Waals surface area contributed by atoms with Crippen LogP contribution in [-0.2, 0) is 0 Å². The predicted octanol–water partition coefficient (Wildman–Crippen LogP) is 8.89. The van der Waals surface area contributed by atoms with Crippen LogP contribution in [0, 0.1) is 0 Å². The van der Waals surface area contributed by atoms with Gasteiger partial charge in [0.05, 0.1) is 28.8 Å². The largest absolute Gasteiger partial charge is 0.422 e. The summed E-state index contributed by atoms with van der Waals surface area (Å²) in [5.41, 5.74) is 6.28. The summed E-state index contributed by atoms with van der Waals surface area (Å²) in [5, 5.41) is 0. The van der Waals surface area contributed by atoms with Crippen LogP contribution in [0.15, 0.2) is 144 Å². The van der Waals surface area contributed by atoms with E-state index in [0.717, 1.165) is 44.9 Å². The lowest BCUT2D eigenvalue weighted by molar-refractivity contribution is 0.0736. The Labute approximate surface area is 215 Å². The van der Waals surface area contributed by atoms with Crippen molar-refractivity contribution in [2.45, 2.75) is 0 Å². The standard InChI is InChI=1S/C34H23O3/c35-34(26-17-9-3-10-18-26)37-33-23-30(28-19-11-4-12-20-29(28)33)27-21-31(24-13-5-1-6-14-24)36-32(22-27)25-15-7-2-8-16-25/h1-23H/q+1. The maximum atomic E-state index is 12.9. The van der Waals surface area contributed by atoms with Crippen LogP contribution in [-0.4, -0.2) is 5.97 Å². The quantitative estimate of drug-likeness (QED) is 0.183. The molecular formula is C34H23O3+. The molecule has 0 bridgehead atoms. The van der Waals surface area contributed by atoms with Gasteiger partial charge in [-0.3, -0.25) is 0 Å². The van der Waals surface area contributed by atoms with Gasteiger partial charge in [0.2, 0.25) is 0 Å². The molecule has 1 aromatic heterocycles. The predicted molar refractivity (Wildman–Crippen MR) is 147 cm³/mol. The molecule has 0 aliphatic heterocycles. The summed E-state index contributed by atoms with van der Waals surface area (Å²) in [7, 11) is 0. The van der Waals surface area contributed by atoms with E-state index < -0.39 is 0 Å². The number of esters is 1. The minimum Gasteiger partial charge on any atom is -0.422 e. The van der Waals surface area contributed by atoms with Crippen LogP contribution >= 0.6 is 0 Å². The Balaban J connectivity index is 1.52. The summed E-state index contributed by atoms with van der Waals surface area (Å²) in [4.78, 5) is 12.9. The van der Waals surface area contributed by atoms with Crippen LogP contribution in [0.1, 0.15) is 10.4 Å². The van der Waals surface area contributed by atoms with Crippen molar-refractivity contribution in [1.82, 2.24) is 0 Å². The summed E-state index contributed by atoms with van der Waals surface area (Å²) in [5.74, 6) is 1.66. The van der Waals surface area contributed by atoms with Gasteiger partial charge in [0.1, 0.15) is 5.75 Å². The fourth-order valence-corrected chi connectivity index (χ4v) is 4.49. The Hall–Kier alpha value is -5.02. The summed E-state index contributed by atoms with van der Waals surface area (Å²) < 4.78 is 12.3. The van der Waals surface area contributed by atoms with Crippen LogP contribution in [0.4, 0.5) is 0 Å². The van der Waals surface area contributed by atoms with E-state index in [0.29, 0.717) is 11.3 Å². The van der Waals surface area contributed by atoms with Crippen molar-refractivity contribution in [3.05, 3.63) is 145 Å². The zero-order chi connectivity index (χ0) is 25.0. The van der Waals surface area contributed by atoms with Gasteiger partial charge in [-0.25, -0.2) is 9.21 Å². The highest BCUT2D eigenvalue weighted by atomic mass is 16.5. The van der Waals surface area contributed by atoms with Crippen molar-refractivity contribution in [2.24, 2.45) is 0 Å². The highest BCUT2D eigenvalue weighted by molar-refractivity contribution is 5.96. The average Bonchev–Trinajstić information content (AvgIpc) is 3.12. The second-order valence-corrected chi connectivity index (χ2v) is 8.72. The number of carbonyl (C=O) groups is 1. The topological polar surface area (TPSA) is 37.6 Å². The third kappa shape index (κ3) is 4.63. The zero-order valence-electron chi connectivity index (χ0n) is 20.0. The van der Waals surface area contributed by atoms with Gasteiger partial charge < -0.3 is 4.74 Å². The molecule has 0 atom stereocenters. The van der Waals surface area contributed by atoms with E-state index >= 15 is 0 Å². The molecule has 4 aromatic rings. The van der Waals surface area contributed by atoms with E-state index in [4.69, 9.17) is 9.15 Å². The monoisotopic (exact) mass is 479 g/mol. The SMILES string of the molecule is O=C(Oc1cc(-c2cc(-c3ccccc3)[o+]c(-c3ccccc3)c2)c2cccccc1-2)c1ccccc1. The summed E-state index contributed by atoms with van der Waals surface area (Å²) in [6.07, 6.45) is 0. The molecule has 176 valence electrons. The molecule has 0 saturated heterocycles. The van der Waals surface area contributed by atoms with Crippen LogP contribution < -0.4 is 4.74 Å². The van der Waals surface area contributed by atoms with Gasteiger partial charge in [0.25, 0.3) is 0 Å². The first kappa shape index (κ1) is 22.4. The van der Waals surface area contributed by atoms with Gasteiger partial charge in [-0.15, -0.1) is 0 Å². The van der Waals surface area contributed by atoms with Crippen LogP contribution in [0.5, 0.6) is 5.75 Å². The molecule has 0 amide bonds. The summed E-state index contributed by atoms with van der Waals surface area (Å²) in [6.45, 7) is 0. The molecule has 2 aliphatic rings. The molecule has 0 N–H and O–H groups in total. The van der Waals surface area contributed by atoms with Crippen molar-refractivity contribution >= 4 is 5.97 Å². The van der Waals surface area contributed by atoms with E-state index in [9.17, 15) is 4.79 Å². The van der Waals surface area contributed by atoms with E-state index in [-0.39, 0.29) is 5.97 Å². The molecule has 3 aromatic carbocycles. The lowest BCUT2D eigenvalue weighted by Gasteiger charge is -2.04. The van der Waals surface area contributed by atoms with Crippen molar-refractivity contribution in [3.8, 4) is 50.7 Å². The Morgan fingerprint density at radius 1 is 0.486 bits per heavy atom. The van der Waals surface area contributed by atoms with Crippen LogP contribution in [0.2, 0.25) is 0 Å². The summed E-state index contributed by atoms with van der Waals surface area (Å²) in [6, 6.07) is 45.2. The Morgan fingerprint density at radius 2 is 0.973 bits per heavy atom. The average molecular weight is 480 g/mol. The van der Waals surface area contributed by atoms with E-state index in [2.05, 4.69) is 6.07 Å². The number of hydrogen-bond donors (Lipinski definition) is 0. The number of benzene rings is 3. The third-order valence-corrected chi connectivity index (χ3v) is 6.30. The maximum Gasteiger partial charge on any atom is 0.361 e. The highest BCUT2D eigenvalue weighted by Gasteiger charge is 2.25. The van der Waals surface area contributed by atoms with Crippen molar-refractivity contribution in [3.63, 3.8) is 0 Å². The molecule has 2 aliphatic carbocycles. The Bertz CT molecular complexity index is 1580. The molecule has 0 radical (unpaired) electrons. The van der Waals surface area contributed by atoms with Gasteiger partial charge in [-0.1, -0.05) is 84.9 Å². The number of hydrogen-bond acceptors (Lipinski definition) is 2. The normalized spacial score (nSPS) is 10.8. The fourth-order valence-electron chi connectivity index (χ4n) is 4.49. The Kier molecular flexibility index (Phi) is 6.02. The van der Waals surface area contributed by atoms with Crippen LogP contribution in [0.25, 0.3) is 44.9 Å². The minimum absolute atomic E-state index is 0.386. The fraction of sp³-hybridized carbons (Fsp3) is 0.